The zero-order valence-electron chi connectivity index (χ0n) is 21.1. The number of rotatable bonds is 11. The van der Waals surface area contributed by atoms with E-state index in [-0.39, 0.29) is 30.4 Å². The van der Waals surface area contributed by atoms with Gasteiger partial charge in [-0.3, -0.25) is 9.59 Å². The Labute approximate surface area is 227 Å². The average molecular weight is 586 g/mol. The number of hydrogen-bond donors (Lipinski definition) is 1. The number of unbranched alkanes of at least 4 members (excludes halogenated alkanes) is 1. The highest BCUT2D eigenvalue weighted by Crippen LogP contribution is 2.32. The Morgan fingerprint density at radius 3 is 2.31 bits per heavy atom. The van der Waals surface area contributed by atoms with Gasteiger partial charge in [0.15, 0.2) is 6.61 Å². The van der Waals surface area contributed by atoms with Crippen molar-refractivity contribution in [2.45, 2.75) is 71.9 Å². The molecule has 0 saturated carbocycles. The molecule has 2 aromatic carbocycles. The maximum atomic E-state index is 13.4. The molecule has 2 aromatic rings. The maximum absolute atomic E-state index is 13.4. The number of nitrogens with one attached hydrogen (secondary N) is 1. The first kappa shape index (κ1) is 29.5. The summed E-state index contributed by atoms with van der Waals surface area (Å²) in [6, 6.07) is 10.3. The average Bonchev–Trinajstić information content (AvgIpc) is 2.79. The van der Waals surface area contributed by atoms with Gasteiger partial charge in [-0.25, -0.2) is 0 Å². The van der Waals surface area contributed by atoms with Crippen LogP contribution in [0.1, 0.15) is 65.0 Å². The molecule has 0 unspecified atom stereocenters. The molecule has 1 atom stereocenters. The summed E-state index contributed by atoms with van der Waals surface area (Å²) >= 11 is 16.3. The minimum Gasteiger partial charge on any atom is -0.483 e. The van der Waals surface area contributed by atoms with Crippen molar-refractivity contribution in [1.82, 2.24) is 10.2 Å². The number of nitrogens with zero attached hydrogens (tertiary/aromatic N) is 1. The molecule has 0 aliphatic carbocycles. The highest BCUT2D eigenvalue weighted by Gasteiger charge is 2.30. The third-order valence-corrected chi connectivity index (χ3v) is 7.08. The van der Waals surface area contributed by atoms with Gasteiger partial charge >= 0.3 is 0 Å². The fraction of sp³-hybridized carbons (Fsp3) is 0.481. The third kappa shape index (κ3) is 8.40. The van der Waals surface area contributed by atoms with Crippen LogP contribution in [-0.2, 0) is 21.5 Å². The molecule has 1 N–H and O–H groups in total. The van der Waals surface area contributed by atoms with E-state index in [2.05, 4.69) is 48.9 Å². The molecule has 0 radical (unpaired) electrons. The van der Waals surface area contributed by atoms with E-state index >= 15 is 0 Å². The lowest BCUT2D eigenvalue weighted by atomic mass is 9.87. The molecule has 35 heavy (non-hydrogen) atoms. The number of halogens is 3. The Hall–Kier alpha value is -1.76. The van der Waals surface area contributed by atoms with Crippen LogP contribution in [0.25, 0.3) is 0 Å². The molecule has 8 heteroatoms. The van der Waals surface area contributed by atoms with Crippen molar-refractivity contribution < 1.29 is 14.3 Å². The zero-order chi connectivity index (χ0) is 26.2. The first-order chi connectivity index (χ1) is 16.5. The first-order valence-corrected chi connectivity index (χ1v) is 13.5. The molecule has 0 saturated heterocycles. The van der Waals surface area contributed by atoms with E-state index in [1.165, 1.54) is 4.90 Å². The lowest BCUT2D eigenvalue weighted by Gasteiger charge is -2.31. The molecule has 2 rings (SSSR count). The van der Waals surface area contributed by atoms with Crippen molar-refractivity contribution in [3.05, 3.63) is 62.0 Å². The topological polar surface area (TPSA) is 58.6 Å². The van der Waals surface area contributed by atoms with Gasteiger partial charge in [-0.05, 0) is 64.0 Å². The van der Waals surface area contributed by atoms with E-state index in [4.69, 9.17) is 27.9 Å². The Morgan fingerprint density at radius 2 is 1.77 bits per heavy atom. The van der Waals surface area contributed by atoms with Gasteiger partial charge in [-0.1, -0.05) is 76.4 Å². The molecular formula is C27H35BrCl2N2O3. The Morgan fingerprint density at radius 1 is 1.11 bits per heavy atom. The molecule has 0 bridgehead atoms. The Balaban J connectivity index is 2.27. The van der Waals surface area contributed by atoms with E-state index in [9.17, 15) is 9.59 Å². The molecule has 0 aliphatic rings. The van der Waals surface area contributed by atoms with Gasteiger partial charge in [0.1, 0.15) is 11.8 Å². The van der Waals surface area contributed by atoms with Gasteiger partial charge in [0.05, 0.1) is 4.47 Å². The van der Waals surface area contributed by atoms with Crippen molar-refractivity contribution in [3.63, 3.8) is 0 Å². The van der Waals surface area contributed by atoms with Crippen molar-refractivity contribution in [2.75, 3.05) is 13.2 Å². The summed E-state index contributed by atoms with van der Waals surface area (Å²) in [4.78, 5) is 27.9. The van der Waals surface area contributed by atoms with Crippen LogP contribution in [0.5, 0.6) is 5.75 Å². The highest BCUT2D eigenvalue weighted by molar-refractivity contribution is 9.10. The smallest absolute Gasteiger partial charge is 0.261 e. The standard InChI is InChI=1S/C27H35BrCl2N2O3/c1-6-8-14-31-26(34)23(7-2)32(16-19-21(29)10-9-11-22(19)30)25(33)17-35-24-13-12-18(15-20(24)28)27(3,4)5/h9-13,15,23H,6-8,14,16-17H2,1-5H3,(H,31,34)/t23-/m0/s1. The molecule has 0 spiro atoms. The fourth-order valence-electron chi connectivity index (χ4n) is 3.59. The van der Waals surface area contributed by atoms with E-state index in [0.717, 1.165) is 22.9 Å². The number of benzene rings is 2. The lowest BCUT2D eigenvalue weighted by Crippen LogP contribution is -2.50. The molecule has 0 aliphatic heterocycles. The van der Waals surface area contributed by atoms with Crippen LogP contribution < -0.4 is 10.1 Å². The van der Waals surface area contributed by atoms with Crippen molar-refractivity contribution in [1.29, 1.82) is 0 Å². The second kappa shape index (κ2) is 13.5. The third-order valence-electron chi connectivity index (χ3n) is 5.75. The van der Waals surface area contributed by atoms with Crippen LogP contribution >= 0.6 is 39.1 Å². The fourth-order valence-corrected chi connectivity index (χ4v) is 4.60. The molecule has 0 heterocycles. The second-order valence-electron chi connectivity index (χ2n) is 9.47. The lowest BCUT2D eigenvalue weighted by molar-refractivity contribution is -0.143. The summed E-state index contributed by atoms with van der Waals surface area (Å²) in [6.07, 6.45) is 2.27. The van der Waals surface area contributed by atoms with Crippen LogP contribution in [0.4, 0.5) is 0 Å². The summed E-state index contributed by atoms with van der Waals surface area (Å²) in [6.45, 7) is 10.8. The predicted octanol–water partition coefficient (Wildman–Crippen LogP) is 7.16. The van der Waals surface area contributed by atoms with E-state index in [1.54, 1.807) is 18.2 Å². The van der Waals surface area contributed by atoms with Crippen molar-refractivity contribution in [3.8, 4) is 5.75 Å². The summed E-state index contributed by atoms with van der Waals surface area (Å²) < 4.78 is 6.65. The van der Waals surface area contributed by atoms with Gasteiger partial charge in [0, 0.05) is 28.7 Å². The van der Waals surface area contributed by atoms with Crippen LogP contribution in [0.3, 0.4) is 0 Å². The highest BCUT2D eigenvalue weighted by atomic mass is 79.9. The van der Waals surface area contributed by atoms with Crippen LogP contribution in [0.15, 0.2) is 40.9 Å². The van der Waals surface area contributed by atoms with Gasteiger partial charge < -0.3 is 15.0 Å². The minimum absolute atomic E-state index is 0.0125. The predicted molar refractivity (Wildman–Crippen MR) is 147 cm³/mol. The quantitative estimate of drug-likeness (QED) is 0.285. The number of carbonyl (C=O) groups is 2. The van der Waals surface area contributed by atoms with E-state index in [0.29, 0.717) is 34.3 Å². The number of amides is 2. The van der Waals surface area contributed by atoms with Gasteiger partial charge in [-0.2, -0.15) is 0 Å². The van der Waals surface area contributed by atoms with Crippen LogP contribution in [-0.4, -0.2) is 35.9 Å². The second-order valence-corrected chi connectivity index (χ2v) is 11.1. The van der Waals surface area contributed by atoms with Crippen LogP contribution in [0, 0.1) is 0 Å². The molecule has 2 amide bonds. The summed E-state index contributed by atoms with van der Waals surface area (Å²) in [7, 11) is 0. The summed E-state index contributed by atoms with van der Waals surface area (Å²) in [5.74, 6) is 0.0287. The maximum Gasteiger partial charge on any atom is 0.261 e. The van der Waals surface area contributed by atoms with Crippen molar-refractivity contribution >= 4 is 50.9 Å². The van der Waals surface area contributed by atoms with Crippen molar-refractivity contribution in [2.24, 2.45) is 0 Å². The van der Waals surface area contributed by atoms with Gasteiger partial charge in [0.2, 0.25) is 5.91 Å². The van der Waals surface area contributed by atoms with E-state index < -0.39 is 6.04 Å². The van der Waals surface area contributed by atoms with Gasteiger partial charge in [-0.15, -0.1) is 0 Å². The molecule has 5 nitrogen and oxygen atoms in total. The number of carbonyl (C=O) groups excluding carboxylic acids is 2. The van der Waals surface area contributed by atoms with Gasteiger partial charge in [0.25, 0.3) is 5.91 Å². The molecule has 0 fully saturated rings. The number of ether oxygens (including phenoxy) is 1. The largest absolute Gasteiger partial charge is 0.483 e. The zero-order valence-corrected chi connectivity index (χ0v) is 24.2. The monoisotopic (exact) mass is 584 g/mol. The molecule has 0 aromatic heterocycles. The van der Waals surface area contributed by atoms with E-state index in [1.807, 2.05) is 25.1 Å². The Bertz CT molecular complexity index is 1000. The summed E-state index contributed by atoms with van der Waals surface area (Å²) in [5, 5.41) is 3.83. The van der Waals surface area contributed by atoms with Crippen LogP contribution in [0.2, 0.25) is 10.0 Å². The normalized spacial score (nSPS) is 12.2. The SMILES string of the molecule is CCCCNC(=O)[C@H](CC)N(Cc1c(Cl)cccc1Cl)C(=O)COc1ccc(C(C)(C)C)cc1Br. The molecular weight excluding hydrogens is 551 g/mol. The minimum atomic E-state index is -0.679. The Kier molecular flexibility index (Phi) is 11.4. The first-order valence-electron chi connectivity index (χ1n) is 11.9. The summed E-state index contributed by atoms with van der Waals surface area (Å²) in [5.41, 5.74) is 1.73. The number of hydrogen-bond acceptors (Lipinski definition) is 3. The molecule has 192 valence electrons.